The molecule has 0 radical (unpaired) electrons. The molecule has 2 unspecified atom stereocenters. The van der Waals surface area contributed by atoms with Crippen LogP contribution in [0.4, 0.5) is 0 Å². The molecule has 2 atom stereocenters. The van der Waals surface area contributed by atoms with Crippen LogP contribution in [-0.4, -0.2) is 22.8 Å². The van der Waals surface area contributed by atoms with Gasteiger partial charge in [-0.05, 0) is 61.6 Å². The van der Waals surface area contributed by atoms with Crippen molar-refractivity contribution in [2.45, 2.75) is 39.3 Å². The quantitative estimate of drug-likeness (QED) is 0.767. The standard InChI is InChI=1S/C19H25NO2/c1-13-9-17(10-14(2)19(13)22)18(21)12-20-15(3)11-16-7-5-4-6-8-16/h4-10,15,18,20-22H,11-12H2,1-3H3. The van der Waals surface area contributed by atoms with Gasteiger partial charge in [0.15, 0.2) is 0 Å². The second kappa shape index (κ2) is 7.43. The number of hydrogen-bond acceptors (Lipinski definition) is 3. The maximum absolute atomic E-state index is 10.3. The van der Waals surface area contributed by atoms with E-state index in [4.69, 9.17) is 0 Å². The lowest BCUT2D eigenvalue weighted by atomic mass is 10.0. The molecule has 3 nitrogen and oxygen atoms in total. The third-order valence-corrected chi connectivity index (χ3v) is 3.94. The molecule has 0 aliphatic heterocycles. The Morgan fingerprint density at radius 1 is 1.05 bits per heavy atom. The lowest BCUT2D eigenvalue weighted by molar-refractivity contribution is 0.170. The molecule has 2 rings (SSSR count). The van der Waals surface area contributed by atoms with E-state index in [9.17, 15) is 10.2 Å². The molecule has 3 N–H and O–H groups in total. The monoisotopic (exact) mass is 299 g/mol. The molecule has 0 aliphatic rings. The minimum Gasteiger partial charge on any atom is -0.507 e. The predicted molar refractivity (Wildman–Crippen MR) is 90.2 cm³/mol. The van der Waals surface area contributed by atoms with Crippen molar-refractivity contribution >= 4 is 0 Å². The van der Waals surface area contributed by atoms with E-state index in [1.807, 2.05) is 44.2 Å². The molecule has 0 bridgehead atoms. The number of phenols is 1. The number of rotatable bonds is 6. The zero-order chi connectivity index (χ0) is 16.1. The first-order chi connectivity index (χ1) is 10.5. The Hall–Kier alpha value is -1.84. The molecular weight excluding hydrogens is 274 g/mol. The SMILES string of the molecule is Cc1cc(C(O)CNC(C)Cc2ccccc2)cc(C)c1O. The van der Waals surface area contributed by atoms with Crippen LogP contribution in [0.5, 0.6) is 5.75 Å². The van der Waals surface area contributed by atoms with E-state index in [1.165, 1.54) is 5.56 Å². The van der Waals surface area contributed by atoms with Gasteiger partial charge in [0.25, 0.3) is 0 Å². The van der Waals surface area contributed by atoms with Gasteiger partial charge < -0.3 is 15.5 Å². The van der Waals surface area contributed by atoms with Gasteiger partial charge in [0.2, 0.25) is 0 Å². The lowest BCUT2D eigenvalue weighted by Gasteiger charge is -2.18. The summed E-state index contributed by atoms with van der Waals surface area (Å²) < 4.78 is 0. The maximum Gasteiger partial charge on any atom is 0.121 e. The Balaban J connectivity index is 1.91. The van der Waals surface area contributed by atoms with Crippen molar-refractivity contribution in [2.75, 3.05) is 6.54 Å². The van der Waals surface area contributed by atoms with E-state index in [0.717, 1.165) is 23.1 Å². The summed E-state index contributed by atoms with van der Waals surface area (Å²) in [6, 6.07) is 14.3. The molecule has 0 spiro atoms. The molecule has 22 heavy (non-hydrogen) atoms. The van der Waals surface area contributed by atoms with Crippen molar-refractivity contribution in [1.29, 1.82) is 0 Å². The second-order valence-electron chi connectivity index (χ2n) is 6.02. The lowest BCUT2D eigenvalue weighted by Crippen LogP contribution is -2.32. The summed E-state index contributed by atoms with van der Waals surface area (Å²) >= 11 is 0. The Labute approximate surface area is 132 Å². The molecule has 0 aliphatic carbocycles. The molecule has 0 saturated carbocycles. The Morgan fingerprint density at radius 3 is 2.23 bits per heavy atom. The van der Waals surface area contributed by atoms with Crippen LogP contribution < -0.4 is 5.32 Å². The number of aromatic hydroxyl groups is 1. The molecular formula is C19H25NO2. The average Bonchev–Trinajstić information content (AvgIpc) is 2.50. The summed E-state index contributed by atoms with van der Waals surface area (Å²) in [5, 5.41) is 23.5. The van der Waals surface area contributed by atoms with Crippen LogP contribution in [0, 0.1) is 13.8 Å². The highest BCUT2D eigenvalue weighted by Gasteiger charge is 2.12. The van der Waals surface area contributed by atoms with Crippen LogP contribution in [-0.2, 0) is 6.42 Å². The van der Waals surface area contributed by atoms with Crippen LogP contribution in [0.1, 0.15) is 35.3 Å². The van der Waals surface area contributed by atoms with Crippen molar-refractivity contribution in [1.82, 2.24) is 5.32 Å². The highest BCUT2D eigenvalue weighted by molar-refractivity contribution is 5.42. The maximum atomic E-state index is 10.3. The molecule has 0 fully saturated rings. The highest BCUT2D eigenvalue weighted by Crippen LogP contribution is 2.26. The number of phenolic OH excluding ortho intramolecular Hbond substituents is 1. The molecule has 2 aromatic carbocycles. The average molecular weight is 299 g/mol. The third-order valence-electron chi connectivity index (χ3n) is 3.94. The zero-order valence-electron chi connectivity index (χ0n) is 13.5. The van der Waals surface area contributed by atoms with E-state index >= 15 is 0 Å². The summed E-state index contributed by atoms with van der Waals surface area (Å²) in [5.74, 6) is 0.307. The zero-order valence-corrected chi connectivity index (χ0v) is 13.5. The highest BCUT2D eigenvalue weighted by atomic mass is 16.3. The van der Waals surface area contributed by atoms with Crippen LogP contribution in [0.25, 0.3) is 0 Å². The first-order valence-corrected chi connectivity index (χ1v) is 7.73. The molecule has 0 aromatic heterocycles. The van der Waals surface area contributed by atoms with Gasteiger partial charge in [-0.25, -0.2) is 0 Å². The minimum atomic E-state index is -0.573. The van der Waals surface area contributed by atoms with Crippen molar-refractivity contribution in [3.8, 4) is 5.75 Å². The molecule has 0 saturated heterocycles. The largest absolute Gasteiger partial charge is 0.507 e. The molecule has 2 aromatic rings. The van der Waals surface area contributed by atoms with Crippen LogP contribution in [0.2, 0.25) is 0 Å². The van der Waals surface area contributed by atoms with Gasteiger partial charge in [0.05, 0.1) is 6.10 Å². The molecule has 118 valence electrons. The van der Waals surface area contributed by atoms with E-state index in [-0.39, 0.29) is 6.04 Å². The molecule has 0 heterocycles. The fourth-order valence-corrected chi connectivity index (χ4v) is 2.65. The minimum absolute atomic E-state index is 0.288. The molecule has 0 amide bonds. The Kier molecular flexibility index (Phi) is 5.58. The van der Waals surface area contributed by atoms with Crippen molar-refractivity contribution in [3.05, 3.63) is 64.7 Å². The number of hydrogen-bond donors (Lipinski definition) is 3. The smallest absolute Gasteiger partial charge is 0.121 e. The van der Waals surface area contributed by atoms with Crippen molar-refractivity contribution in [2.24, 2.45) is 0 Å². The van der Waals surface area contributed by atoms with Gasteiger partial charge in [-0.3, -0.25) is 0 Å². The van der Waals surface area contributed by atoms with Gasteiger partial charge >= 0.3 is 0 Å². The van der Waals surface area contributed by atoms with Gasteiger partial charge in [-0.1, -0.05) is 30.3 Å². The van der Waals surface area contributed by atoms with Crippen LogP contribution in [0.15, 0.2) is 42.5 Å². The first-order valence-electron chi connectivity index (χ1n) is 7.73. The predicted octanol–water partition coefficient (Wildman–Crippen LogP) is 3.26. The normalized spacial score (nSPS) is 13.8. The summed E-state index contributed by atoms with van der Waals surface area (Å²) in [7, 11) is 0. The summed E-state index contributed by atoms with van der Waals surface area (Å²) in [6.07, 6.45) is 0.359. The second-order valence-corrected chi connectivity index (χ2v) is 6.02. The fraction of sp³-hybridized carbons (Fsp3) is 0.368. The van der Waals surface area contributed by atoms with Gasteiger partial charge in [-0.2, -0.15) is 0 Å². The number of aliphatic hydroxyl groups excluding tert-OH is 1. The fourth-order valence-electron chi connectivity index (χ4n) is 2.65. The van der Waals surface area contributed by atoms with Crippen LogP contribution >= 0.6 is 0 Å². The summed E-state index contributed by atoms with van der Waals surface area (Å²) in [6.45, 7) is 6.32. The van der Waals surface area contributed by atoms with Gasteiger partial charge in [0.1, 0.15) is 5.75 Å². The summed E-state index contributed by atoms with van der Waals surface area (Å²) in [5.41, 5.74) is 3.72. The number of aliphatic hydroxyl groups is 1. The van der Waals surface area contributed by atoms with E-state index < -0.39 is 6.10 Å². The third kappa shape index (κ3) is 4.33. The first kappa shape index (κ1) is 16.5. The molecule has 3 heteroatoms. The Morgan fingerprint density at radius 2 is 1.64 bits per heavy atom. The van der Waals surface area contributed by atoms with E-state index in [1.54, 1.807) is 0 Å². The number of aryl methyl sites for hydroxylation is 2. The number of nitrogens with one attached hydrogen (secondary N) is 1. The topological polar surface area (TPSA) is 52.5 Å². The van der Waals surface area contributed by atoms with Crippen molar-refractivity contribution < 1.29 is 10.2 Å². The summed E-state index contributed by atoms with van der Waals surface area (Å²) in [4.78, 5) is 0. The number of benzene rings is 2. The van der Waals surface area contributed by atoms with Crippen molar-refractivity contribution in [3.63, 3.8) is 0 Å². The van der Waals surface area contributed by atoms with Gasteiger partial charge in [-0.15, -0.1) is 0 Å². The van der Waals surface area contributed by atoms with Gasteiger partial charge in [0, 0.05) is 12.6 Å². The van der Waals surface area contributed by atoms with Crippen LogP contribution in [0.3, 0.4) is 0 Å². The Bertz CT molecular complexity index is 587. The van der Waals surface area contributed by atoms with E-state index in [0.29, 0.717) is 12.3 Å². The van der Waals surface area contributed by atoms with E-state index in [2.05, 4.69) is 24.4 Å².